The molecule has 11 heteroatoms. The summed E-state index contributed by atoms with van der Waals surface area (Å²) in [7, 11) is 0. The molecule has 1 heterocycles. The van der Waals surface area contributed by atoms with E-state index in [0.29, 0.717) is 0 Å². The van der Waals surface area contributed by atoms with Crippen molar-refractivity contribution in [2.45, 2.75) is 55.1 Å². The third-order valence-electron chi connectivity index (χ3n) is 3.61. The molecule has 9 atom stereocenters. The van der Waals surface area contributed by atoms with Crippen LogP contribution < -0.4 is 0 Å². The van der Waals surface area contributed by atoms with E-state index in [0.717, 1.165) is 0 Å². The molecule has 0 aromatic heterocycles. The van der Waals surface area contributed by atoms with Crippen molar-refractivity contribution >= 4 is 0 Å². The Bertz CT molecular complexity index is 341. The predicted octanol–water partition coefficient (Wildman–Crippen LogP) is -5.76. The van der Waals surface area contributed by atoms with Gasteiger partial charge < -0.3 is 55.4 Å². The number of rotatable bonds is 8. The van der Waals surface area contributed by atoms with Gasteiger partial charge in [0.1, 0.15) is 48.8 Å². The Morgan fingerprint density at radius 2 is 1.39 bits per heavy atom. The van der Waals surface area contributed by atoms with E-state index in [2.05, 4.69) is 0 Å². The van der Waals surface area contributed by atoms with Crippen LogP contribution in [-0.4, -0.2) is 121 Å². The lowest BCUT2D eigenvalue weighted by Crippen LogP contribution is -2.59. The first-order valence-corrected chi connectivity index (χ1v) is 6.99. The molecule has 1 fully saturated rings. The molecule has 0 radical (unpaired) electrons. The molecule has 1 aliphatic rings. The fourth-order valence-corrected chi connectivity index (χ4v) is 2.06. The Hall–Kier alpha value is -0.440. The summed E-state index contributed by atoms with van der Waals surface area (Å²) < 4.78 is 9.99. The molecular weight excluding hydrogens is 320 g/mol. The first-order valence-electron chi connectivity index (χ1n) is 6.99. The average Bonchev–Trinajstić information content (AvgIpc) is 2.56. The standard InChI is InChI=1S/C12H24O11/c13-1-4(15)7(17)8(18)5(16)3-22-12-11(21)10(20)9(19)6(2-14)23-12/h4-21H,1-3H2/t4-,5-,6?,7+,8-,9+,10-,11?,12-/m0/s1. The number of hydrogen-bond donors (Lipinski definition) is 9. The summed E-state index contributed by atoms with van der Waals surface area (Å²) in [5.74, 6) is 0. The molecule has 0 amide bonds. The van der Waals surface area contributed by atoms with Gasteiger partial charge in [0.05, 0.1) is 19.8 Å². The summed E-state index contributed by atoms with van der Waals surface area (Å²) in [6, 6.07) is 0. The van der Waals surface area contributed by atoms with Crippen LogP contribution in [0.2, 0.25) is 0 Å². The molecular formula is C12H24O11. The topological polar surface area (TPSA) is 201 Å². The average molecular weight is 344 g/mol. The summed E-state index contributed by atoms with van der Waals surface area (Å²) in [6.07, 6.45) is -14.7. The minimum absolute atomic E-state index is 0.655. The van der Waals surface area contributed by atoms with E-state index in [1.807, 2.05) is 0 Å². The summed E-state index contributed by atoms with van der Waals surface area (Å²) >= 11 is 0. The molecule has 1 saturated heterocycles. The minimum atomic E-state index is -1.86. The highest BCUT2D eigenvalue weighted by molar-refractivity contribution is 4.89. The summed E-state index contributed by atoms with van der Waals surface area (Å²) in [5.41, 5.74) is 0. The van der Waals surface area contributed by atoms with E-state index < -0.39 is 74.9 Å². The molecule has 0 spiro atoms. The third kappa shape index (κ3) is 5.01. The third-order valence-corrected chi connectivity index (χ3v) is 3.61. The van der Waals surface area contributed by atoms with Crippen LogP contribution in [0.5, 0.6) is 0 Å². The van der Waals surface area contributed by atoms with E-state index in [1.54, 1.807) is 0 Å². The lowest BCUT2D eigenvalue weighted by Gasteiger charge is -2.40. The van der Waals surface area contributed by atoms with E-state index in [1.165, 1.54) is 0 Å². The van der Waals surface area contributed by atoms with Crippen molar-refractivity contribution in [3.63, 3.8) is 0 Å². The van der Waals surface area contributed by atoms with E-state index in [9.17, 15) is 35.7 Å². The molecule has 2 unspecified atom stereocenters. The number of ether oxygens (including phenoxy) is 2. The van der Waals surface area contributed by atoms with Gasteiger partial charge in [-0.1, -0.05) is 0 Å². The van der Waals surface area contributed by atoms with Crippen molar-refractivity contribution in [2.24, 2.45) is 0 Å². The first kappa shape index (κ1) is 20.6. The largest absolute Gasteiger partial charge is 0.394 e. The molecule has 11 nitrogen and oxygen atoms in total. The van der Waals surface area contributed by atoms with Crippen molar-refractivity contribution < 1.29 is 55.4 Å². The predicted molar refractivity (Wildman–Crippen MR) is 70.8 cm³/mol. The van der Waals surface area contributed by atoms with Crippen molar-refractivity contribution in [2.75, 3.05) is 19.8 Å². The Morgan fingerprint density at radius 1 is 0.826 bits per heavy atom. The van der Waals surface area contributed by atoms with Crippen molar-refractivity contribution in [1.82, 2.24) is 0 Å². The quantitative estimate of drug-likeness (QED) is 0.203. The zero-order chi connectivity index (χ0) is 17.7. The summed E-state index contributed by atoms with van der Waals surface area (Å²) in [4.78, 5) is 0. The normalized spacial score (nSPS) is 37.2. The number of aliphatic hydroxyl groups is 9. The highest BCUT2D eigenvalue weighted by Gasteiger charge is 2.44. The minimum Gasteiger partial charge on any atom is -0.394 e. The lowest BCUT2D eigenvalue weighted by atomic mass is 9.99. The van der Waals surface area contributed by atoms with E-state index in [-0.39, 0.29) is 0 Å². The molecule has 1 rings (SSSR count). The van der Waals surface area contributed by atoms with Crippen molar-refractivity contribution in [3.8, 4) is 0 Å². The molecule has 9 N–H and O–H groups in total. The van der Waals surface area contributed by atoms with Crippen LogP contribution in [-0.2, 0) is 9.47 Å². The lowest BCUT2D eigenvalue weighted by molar-refractivity contribution is -0.306. The van der Waals surface area contributed by atoms with Crippen molar-refractivity contribution in [1.29, 1.82) is 0 Å². The van der Waals surface area contributed by atoms with Gasteiger partial charge in [0.15, 0.2) is 6.29 Å². The maximum Gasteiger partial charge on any atom is 0.186 e. The van der Waals surface area contributed by atoms with E-state index >= 15 is 0 Å². The maximum absolute atomic E-state index is 9.70. The van der Waals surface area contributed by atoms with Crippen LogP contribution in [0.1, 0.15) is 0 Å². The van der Waals surface area contributed by atoms with Gasteiger partial charge in [-0.3, -0.25) is 0 Å². The monoisotopic (exact) mass is 344 g/mol. The SMILES string of the molecule is OCC1O[C@H](OC[C@H](O)[C@H](O)[C@H](O)[C@@H](O)CO)C(O)[C@@H](O)[C@@H]1O. The Balaban J connectivity index is 2.55. The molecule has 0 aromatic rings. The zero-order valence-corrected chi connectivity index (χ0v) is 12.2. The molecule has 0 aliphatic carbocycles. The second-order valence-electron chi connectivity index (χ2n) is 5.33. The molecule has 23 heavy (non-hydrogen) atoms. The molecule has 1 aliphatic heterocycles. The summed E-state index contributed by atoms with van der Waals surface area (Å²) in [5, 5.41) is 84.4. The van der Waals surface area contributed by atoms with Gasteiger partial charge in [-0.2, -0.15) is 0 Å². The summed E-state index contributed by atoms with van der Waals surface area (Å²) in [6.45, 7) is -2.16. The van der Waals surface area contributed by atoms with Gasteiger partial charge in [0.2, 0.25) is 0 Å². The van der Waals surface area contributed by atoms with Crippen LogP contribution in [0.15, 0.2) is 0 Å². The van der Waals surface area contributed by atoms with Crippen LogP contribution in [0.4, 0.5) is 0 Å². The van der Waals surface area contributed by atoms with Crippen LogP contribution in [0.3, 0.4) is 0 Å². The zero-order valence-electron chi connectivity index (χ0n) is 12.2. The molecule has 0 aromatic carbocycles. The fraction of sp³-hybridized carbons (Fsp3) is 1.00. The fourth-order valence-electron chi connectivity index (χ4n) is 2.06. The van der Waals surface area contributed by atoms with Gasteiger partial charge in [-0.25, -0.2) is 0 Å². The Labute approximate surface area is 131 Å². The smallest absolute Gasteiger partial charge is 0.186 e. The second-order valence-corrected chi connectivity index (χ2v) is 5.33. The maximum atomic E-state index is 9.70. The van der Waals surface area contributed by atoms with Crippen LogP contribution >= 0.6 is 0 Å². The number of hydrogen-bond acceptors (Lipinski definition) is 11. The van der Waals surface area contributed by atoms with Gasteiger partial charge >= 0.3 is 0 Å². The van der Waals surface area contributed by atoms with Crippen molar-refractivity contribution in [3.05, 3.63) is 0 Å². The first-order chi connectivity index (χ1) is 10.7. The molecule has 0 saturated carbocycles. The highest BCUT2D eigenvalue weighted by atomic mass is 16.7. The Morgan fingerprint density at radius 3 is 1.91 bits per heavy atom. The van der Waals surface area contributed by atoms with Gasteiger partial charge in [0, 0.05) is 0 Å². The number of aliphatic hydroxyl groups excluding tert-OH is 9. The van der Waals surface area contributed by atoms with Crippen LogP contribution in [0, 0.1) is 0 Å². The van der Waals surface area contributed by atoms with Crippen LogP contribution in [0.25, 0.3) is 0 Å². The Kier molecular flexibility index (Phi) is 8.20. The molecule has 0 bridgehead atoms. The molecule has 138 valence electrons. The van der Waals surface area contributed by atoms with E-state index in [4.69, 9.17) is 19.7 Å². The second kappa shape index (κ2) is 9.15. The van der Waals surface area contributed by atoms with Gasteiger partial charge in [-0.05, 0) is 0 Å². The van der Waals surface area contributed by atoms with Gasteiger partial charge in [0.25, 0.3) is 0 Å². The highest BCUT2D eigenvalue weighted by Crippen LogP contribution is 2.22. The van der Waals surface area contributed by atoms with Gasteiger partial charge in [-0.15, -0.1) is 0 Å².